The quantitative estimate of drug-likeness (QED) is 0.603. The van der Waals surface area contributed by atoms with E-state index < -0.39 is 27.8 Å². The molecule has 1 aliphatic rings. The van der Waals surface area contributed by atoms with Gasteiger partial charge in [-0.2, -0.15) is 0 Å². The van der Waals surface area contributed by atoms with E-state index >= 15 is 0 Å². The lowest BCUT2D eigenvalue weighted by molar-refractivity contribution is 0.188. The molecule has 1 aromatic carbocycles. The fourth-order valence-corrected chi connectivity index (χ4v) is 5.47. The molecule has 0 fully saturated rings. The topological polar surface area (TPSA) is 94.8 Å². The van der Waals surface area contributed by atoms with Crippen LogP contribution in [0, 0.1) is 0 Å². The Labute approximate surface area is 155 Å². The van der Waals surface area contributed by atoms with E-state index in [0.29, 0.717) is 24.8 Å². The Bertz CT molecular complexity index is 792. The number of aliphatic hydroxyl groups is 2. The van der Waals surface area contributed by atoms with Crippen molar-refractivity contribution in [1.82, 2.24) is 0 Å². The maximum absolute atomic E-state index is 12.2. The highest BCUT2D eigenvalue weighted by molar-refractivity contribution is 7.92. The van der Waals surface area contributed by atoms with Crippen molar-refractivity contribution in [3.63, 3.8) is 0 Å². The molecule has 0 aromatic heterocycles. The first-order chi connectivity index (χ1) is 12.3. The van der Waals surface area contributed by atoms with Crippen LogP contribution in [0.1, 0.15) is 45.1 Å². The van der Waals surface area contributed by atoms with Crippen LogP contribution in [0.15, 0.2) is 41.0 Å². The number of allylic oxidation sites excluding steroid dienone is 1. The Morgan fingerprint density at radius 2 is 2.00 bits per heavy atom. The van der Waals surface area contributed by atoms with Gasteiger partial charge in [-0.3, -0.25) is 0 Å². The van der Waals surface area contributed by atoms with Crippen molar-refractivity contribution in [3.05, 3.63) is 46.5 Å². The van der Waals surface area contributed by atoms with Crippen LogP contribution >= 0.6 is 0 Å². The average Bonchev–Trinajstić information content (AvgIpc) is 2.89. The first-order valence-corrected chi connectivity index (χ1v) is 10.7. The number of aromatic hydroxyl groups is 1. The summed E-state index contributed by atoms with van der Waals surface area (Å²) in [6.45, 7) is 3.38. The molecular weight excluding hydrogens is 352 g/mol. The first kappa shape index (κ1) is 20.7. The monoisotopic (exact) mass is 380 g/mol. The molecule has 0 aliphatic carbocycles. The van der Waals surface area contributed by atoms with Gasteiger partial charge in [0.25, 0.3) is 0 Å². The summed E-state index contributed by atoms with van der Waals surface area (Å²) in [6, 6.07) is 7.06. The highest BCUT2D eigenvalue weighted by Gasteiger charge is 2.40. The molecule has 144 valence electrons. The summed E-state index contributed by atoms with van der Waals surface area (Å²) in [5.41, 5.74) is 2.99. The van der Waals surface area contributed by atoms with Gasteiger partial charge in [-0.15, -0.1) is 0 Å². The van der Waals surface area contributed by atoms with Crippen LogP contribution in [0.3, 0.4) is 0 Å². The lowest BCUT2D eigenvalue weighted by Crippen LogP contribution is -2.29. The van der Waals surface area contributed by atoms with Crippen molar-refractivity contribution < 1.29 is 23.7 Å². The van der Waals surface area contributed by atoms with Crippen molar-refractivity contribution in [2.45, 2.75) is 50.9 Å². The fraction of sp³-hybridized carbons (Fsp3) is 0.500. The van der Waals surface area contributed by atoms with Gasteiger partial charge in [0, 0.05) is 5.56 Å². The van der Waals surface area contributed by atoms with Gasteiger partial charge in [0.05, 0.1) is 18.5 Å². The highest BCUT2D eigenvalue weighted by atomic mass is 32.2. The van der Waals surface area contributed by atoms with Gasteiger partial charge < -0.3 is 15.3 Å². The zero-order valence-electron chi connectivity index (χ0n) is 15.4. The molecule has 5 nitrogen and oxygen atoms in total. The van der Waals surface area contributed by atoms with E-state index in [1.165, 1.54) is 0 Å². The summed E-state index contributed by atoms with van der Waals surface area (Å²) >= 11 is 0. The van der Waals surface area contributed by atoms with E-state index in [4.69, 9.17) is 0 Å². The SMILES string of the molecule is CCC1=C([C@H](O)CC/C(=C/c2ccccc2O)CC)[C@H](CO)S(=O)(=O)C1. The summed E-state index contributed by atoms with van der Waals surface area (Å²) < 4.78 is 24.4. The van der Waals surface area contributed by atoms with Crippen LogP contribution in [-0.4, -0.2) is 47.5 Å². The molecule has 1 heterocycles. The van der Waals surface area contributed by atoms with Crippen LogP contribution in [-0.2, 0) is 9.84 Å². The lowest BCUT2D eigenvalue weighted by atomic mass is 9.93. The molecule has 2 rings (SSSR count). The lowest BCUT2D eigenvalue weighted by Gasteiger charge is -2.19. The van der Waals surface area contributed by atoms with Crippen LogP contribution < -0.4 is 0 Å². The Kier molecular flexibility index (Phi) is 7.03. The fourth-order valence-electron chi connectivity index (χ4n) is 3.47. The predicted octanol–water partition coefficient (Wildman–Crippen LogP) is 2.82. The van der Waals surface area contributed by atoms with Gasteiger partial charge in [0.1, 0.15) is 11.0 Å². The normalized spacial score (nSPS) is 21.2. The maximum Gasteiger partial charge on any atom is 0.163 e. The van der Waals surface area contributed by atoms with E-state index in [0.717, 1.165) is 23.1 Å². The Morgan fingerprint density at radius 3 is 2.58 bits per heavy atom. The summed E-state index contributed by atoms with van der Waals surface area (Å²) in [4.78, 5) is 0. The molecule has 0 radical (unpaired) electrons. The number of rotatable bonds is 8. The molecule has 26 heavy (non-hydrogen) atoms. The molecule has 0 saturated carbocycles. The van der Waals surface area contributed by atoms with Crippen molar-refractivity contribution in [2.75, 3.05) is 12.4 Å². The molecule has 6 heteroatoms. The van der Waals surface area contributed by atoms with Gasteiger partial charge in [-0.05, 0) is 37.3 Å². The van der Waals surface area contributed by atoms with Crippen LogP contribution in [0.2, 0.25) is 0 Å². The molecule has 0 amide bonds. The number of para-hydroxylation sites is 1. The van der Waals surface area contributed by atoms with E-state index in [9.17, 15) is 23.7 Å². The Morgan fingerprint density at radius 1 is 1.31 bits per heavy atom. The third kappa shape index (κ3) is 4.55. The Balaban J connectivity index is 2.16. The summed E-state index contributed by atoms with van der Waals surface area (Å²) in [6.07, 6.45) is 3.31. The van der Waals surface area contributed by atoms with Gasteiger partial charge in [0.15, 0.2) is 9.84 Å². The summed E-state index contributed by atoms with van der Waals surface area (Å²) in [5, 5.41) is 29.1. The maximum atomic E-state index is 12.2. The van der Waals surface area contributed by atoms with Crippen molar-refractivity contribution in [3.8, 4) is 5.75 Å². The number of phenolic OH excluding ortho intramolecular Hbond substituents is 1. The minimum Gasteiger partial charge on any atom is -0.507 e. The largest absolute Gasteiger partial charge is 0.507 e. The molecule has 1 aromatic rings. The van der Waals surface area contributed by atoms with Crippen molar-refractivity contribution in [2.24, 2.45) is 0 Å². The molecular formula is C20H28O5S. The number of benzene rings is 1. The van der Waals surface area contributed by atoms with Gasteiger partial charge >= 0.3 is 0 Å². The molecule has 0 unspecified atom stereocenters. The second-order valence-corrected chi connectivity index (χ2v) is 8.84. The van der Waals surface area contributed by atoms with E-state index in [1.54, 1.807) is 12.1 Å². The Hall–Kier alpha value is -1.63. The minimum absolute atomic E-state index is 0.0739. The third-order valence-corrected chi connectivity index (χ3v) is 7.03. The second-order valence-electron chi connectivity index (χ2n) is 6.66. The second kappa shape index (κ2) is 8.84. The molecule has 1 aliphatic heterocycles. The van der Waals surface area contributed by atoms with Gasteiger partial charge in [-0.25, -0.2) is 8.42 Å². The number of hydrogen-bond donors (Lipinski definition) is 3. The van der Waals surface area contributed by atoms with E-state index in [2.05, 4.69) is 0 Å². The third-order valence-electron chi connectivity index (χ3n) is 5.01. The summed E-state index contributed by atoms with van der Waals surface area (Å²) in [5.74, 6) is 0.132. The summed E-state index contributed by atoms with van der Waals surface area (Å²) in [7, 11) is -3.42. The zero-order chi connectivity index (χ0) is 19.3. The standard InChI is InChI=1S/C20H28O5S/c1-3-14(11-16-7-5-6-8-17(16)22)9-10-18(23)20-15(4-2)13-26(24,25)19(20)12-21/h5-8,11,18-19,21-23H,3-4,9-10,12-13H2,1-2H3/b14-11+/t18-,19+/m1/s1. The first-order valence-electron chi connectivity index (χ1n) is 9.03. The highest BCUT2D eigenvalue weighted by Crippen LogP contribution is 2.33. The number of sulfone groups is 1. The molecule has 0 saturated heterocycles. The van der Waals surface area contributed by atoms with E-state index in [-0.39, 0.29) is 11.5 Å². The number of aliphatic hydroxyl groups excluding tert-OH is 2. The minimum atomic E-state index is -3.42. The number of phenols is 1. The predicted molar refractivity (Wildman–Crippen MR) is 104 cm³/mol. The van der Waals surface area contributed by atoms with Crippen LogP contribution in [0.4, 0.5) is 0 Å². The number of hydrogen-bond acceptors (Lipinski definition) is 5. The molecule has 3 N–H and O–H groups in total. The molecule has 0 spiro atoms. The van der Waals surface area contributed by atoms with Crippen molar-refractivity contribution in [1.29, 1.82) is 0 Å². The molecule has 2 atom stereocenters. The van der Waals surface area contributed by atoms with Gasteiger partial charge in [0.2, 0.25) is 0 Å². The average molecular weight is 381 g/mol. The van der Waals surface area contributed by atoms with Gasteiger partial charge in [-0.1, -0.05) is 49.3 Å². The van der Waals surface area contributed by atoms with Crippen LogP contribution in [0.25, 0.3) is 6.08 Å². The molecule has 0 bridgehead atoms. The smallest absolute Gasteiger partial charge is 0.163 e. The zero-order valence-corrected chi connectivity index (χ0v) is 16.2. The van der Waals surface area contributed by atoms with Crippen LogP contribution in [0.5, 0.6) is 5.75 Å². The van der Waals surface area contributed by atoms with Crippen molar-refractivity contribution >= 4 is 15.9 Å². The van der Waals surface area contributed by atoms with E-state index in [1.807, 2.05) is 32.1 Å².